The summed E-state index contributed by atoms with van der Waals surface area (Å²) in [6, 6.07) is 14.5. The number of ether oxygens (including phenoxy) is 2. The lowest BCUT2D eigenvalue weighted by Crippen LogP contribution is -2.59. The number of amides is 3. The maximum Gasteiger partial charge on any atom is 0.261 e. The molecule has 7 heterocycles. The van der Waals surface area contributed by atoms with Gasteiger partial charge in [-0.25, -0.2) is 4.98 Å². The Kier molecular flexibility index (Phi) is 8.84. The average molecular weight is 693 g/mol. The van der Waals surface area contributed by atoms with E-state index in [1.165, 1.54) is 11.3 Å². The van der Waals surface area contributed by atoms with Gasteiger partial charge in [0.2, 0.25) is 0 Å². The molecule has 0 aliphatic carbocycles. The largest absolute Gasteiger partial charge is 0.381 e. The molecular formula is C38H40N6O5S. The molecule has 12 heteroatoms. The molecule has 258 valence electrons. The van der Waals surface area contributed by atoms with Gasteiger partial charge in [0.15, 0.2) is 0 Å². The van der Waals surface area contributed by atoms with Gasteiger partial charge < -0.3 is 29.9 Å². The number of benzene rings is 1. The molecule has 3 amide bonds. The monoisotopic (exact) mass is 692 g/mol. The minimum atomic E-state index is -0.234. The lowest BCUT2D eigenvalue weighted by atomic mass is 9.73. The van der Waals surface area contributed by atoms with Crippen molar-refractivity contribution in [2.75, 3.05) is 61.1 Å². The molecule has 4 aliphatic rings. The molecule has 4 aliphatic heterocycles. The fourth-order valence-corrected chi connectivity index (χ4v) is 8.58. The minimum Gasteiger partial charge on any atom is -0.381 e. The Morgan fingerprint density at radius 1 is 1.02 bits per heavy atom. The van der Waals surface area contributed by atoms with Crippen LogP contribution in [0.4, 0.5) is 17.2 Å². The molecule has 3 saturated heterocycles. The lowest BCUT2D eigenvalue weighted by molar-refractivity contribution is -0.000511. The number of nitrogens with zero attached hydrogens (tertiary/aromatic N) is 4. The molecule has 0 saturated carbocycles. The van der Waals surface area contributed by atoms with Gasteiger partial charge in [-0.15, -0.1) is 11.3 Å². The van der Waals surface area contributed by atoms with E-state index in [2.05, 4.69) is 25.5 Å². The molecule has 3 fully saturated rings. The van der Waals surface area contributed by atoms with Crippen molar-refractivity contribution >= 4 is 46.3 Å². The second-order valence-corrected chi connectivity index (χ2v) is 14.8. The summed E-state index contributed by atoms with van der Waals surface area (Å²) >= 11 is 1.41. The first-order valence-corrected chi connectivity index (χ1v) is 18.2. The van der Waals surface area contributed by atoms with E-state index in [1.807, 2.05) is 31.2 Å². The summed E-state index contributed by atoms with van der Waals surface area (Å²) in [6.07, 6.45) is 8.23. The summed E-state index contributed by atoms with van der Waals surface area (Å²) in [5.74, 6) is 0.189. The first-order chi connectivity index (χ1) is 24.4. The van der Waals surface area contributed by atoms with Crippen LogP contribution >= 0.6 is 11.3 Å². The van der Waals surface area contributed by atoms with Gasteiger partial charge in [0, 0.05) is 75.1 Å². The fourth-order valence-electron chi connectivity index (χ4n) is 7.44. The van der Waals surface area contributed by atoms with Crippen LogP contribution in [0.3, 0.4) is 0 Å². The van der Waals surface area contributed by atoms with Crippen molar-refractivity contribution in [1.29, 1.82) is 0 Å². The molecule has 0 bridgehead atoms. The highest BCUT2D eigenvalue weighted by molar-refractivity contribution is 7.17. The maximum absolute atomic E-state index is 14.0. The van der Waals surface area contributed by atoms with Gasteiger partial charge in [0.25, 0.3) is 17.7 Å². The van der Waals surface area contributed by atoms with E-state index in [4.69, 9.17) is 9.47 Å². The summed E-state index contributed by atoms with van der Waals surface area (Å²) in [4.78, 5) is 55.4. The molecule has 50 heavy (non-hydrogen) atoms. The van der Waals surface area contributed by atoms with Gasteiger partial charge in [0.05, 0.1) is 27.1 Å². The van der Waals surface area contributed by atoms with E-state index in [9.17, 15) is 14.4 Å². The smallest absolute Gasteiger partial charge is 0.261 e. The van der Waals surface area contributed by atoms with E-state index in [1.54, 1.807) is 41.6 Å². The second kappa shape index (κ2) is 13.6. The number of anilines is 3. The highest BCUT2D eigenvalue weighted by Crippen LogP contribution is 2.43. The highest BCUT2D eigenvalue weighted by atomic mass is 32.1. The SMILES string of the molecule is Cc1cnc(N2CC3(CCOCC3)C2)c(C(=O)Nc2ccc(C(=O)N3CCc4cc(C(=O)NC[C@H]5CCCO5)sc4-c4ncccc43)cc2)c1. The van der Waals surface area contributed by atoms with E-state index in [-0.39, 0.29) is 29.2 Å². The molecule has 8 rings (SSSR count). The van der Waals surface area contributed by atoms with Crippen LogP contribution in [0.15, 0.2) is 60.9 Å². The number of thiophene rings is 1. The number of rotatable bonds is 7. The molecule has 3 aromatic heterocycles. The molecule has 2 N–H and O–H groups in total. The third-order valence-corrected chi connectivity index (χ3v) is 11.4. The molecular weight excluding hydrogens is 653 g/mol. The molecule has 1 aromatic carbocycles. The van der Waals surface area contributed by atoms with Gasteiger partial charge in [-0.3, -0.25) is 19.4 Å². The first-order valence-electron chi connectivity index (χ1n) is 17.4. The minimum absolute atomic E-state index is 0.0722. The maximum atomic E-state index is 14.0. The van der Waals surface area contributed by atoms with Crippen LogP contribution in [0.25, 0.3) is 10.6 Å². The standard InChI is InChI=1S/C38H40N6O5S/c1-24-18-29(34(40-20-24)43-22-38(23-43)11-16-48-17-12-38)35(45)42-27-8-6-25(7-9-27)37(47)44-14-10-26-19-31(36(46)41-21-28-4-3-15-49-28)50-33(26)32-30(44)5-2-13-39-32/h2,5-9,13,18-20,28H,3-4,10-12,14-17,21-23H2,1H3,(H,41,46)(H,42,45)/t28-/m1/s1. The first kappa shape index (κ1) is 32.5. The number of nitrogens with one attached hydrogen (secondary N) is 2. The molecule has 1 atom stereocenters. The third kappa shape index (κ3) is 6.38. The summed E-state index contributed by atoms with van der Waals surface area (Å²) in [6.45, 7) is 6.94. The van der Waals surface area contributed by atoms with Crippen molar-refractivity contribution in [3.05, 3.63) is 88.1 Å². The summed E-state index contributed by atoms with van der Waals surface area (Å²) < 4.78 is 11.2. The van der Waals surface area contributed by atoms with Gasteiger partial charge in [-0.2, -0.15) is 0 Å². The van der Waals surface area contributed by atoms with E-state index in [0.717, 1.165) is 74.6 Å². The lowest BCUT2D eigenvalue weighted by Gasteiger charge is -2.53. The van der Waals surface area contributed by atoms with Gasteiger partial charge in [-0.1, -0.05) is 0 Å². The fraction of sp³-hybridized carbons (Fsp3) is 0.395. The molecule has 4 aromatic rings. The van der Waals surface area contributed by atoms with Crippen molar-refractivity contribution < 1.29 is 23.9 Å². The normalized spacial score (nSPS) is 19.3. The number of fused-ring (bicyclic) bond motifs is 3. The van der Waals surface area contributed by atoms with Gasteiger partial charge in [-0.05, 0) is 98.7 Å². The highest BCUT2D eigenvalue weighted by Gasteiger charge is 2.45. The Labute approximate surface area is 295 Å². The topological polar surface area (TPSA) is 126 Å². The molecule has 0 radical (unpaired) electrons. The number of pyridine rings is 2. The average Bonchev–Trinajstić information content (AvgIpc) is 3.78. The summed E-state index contributed by atoms with van der Waals surface area (Å²) in [5.41, 5.74) is 5.18. The van der Waals surface area contributed by atoms with Crippen molar-refractivity contribution in [3.63, 3.8) is 0 Å². The van der Waals surface area contributed by atoms with Crippen LogP contribution in [0, 0.1) is 12.3 Å². The van der Waals surface area contributed by atoms with Crippen LogP contribution in [0.5, 0.6) is 0 Å². The van der Waals surface area contributed by atoms with Crippen LogP contribution in [0.2, 0.25) is 0 Å². The Morgan fingerprint density at radius 3 is 2.62 bits per heavy atom. The number of hydrogen-bond donors (Lipinski definition) is 2. The van der Waals surface area contributed by atoms with Crippen LogP contribution in [-0.2, 0) is 15.9 Å². The third-order valence-electron chi connectivity index (χ3n) is 10.2. The Balaban J connectivity index is 0.955. The zero-order valence-electron chi connectivity index (χ0n) is 28.1. The predicted octanol–water partition coefficient (Wildman–Crippen LogP) is 5.49. The van der Waals surface area contributed by atoms with E-state index < -0.39 is 0 Å². The Morgan fingerprint density at radius 2 is 1.84 bits per heavy atom. The van der Waals surface area contributed by atoms with Crippen LogP contribution < -0.4 is 20.4 Å². The zero-order chi connectivity index (χ0) is 34.2. The summed E-state index contributed by atoms with van der Waals surface area (Å²) in [5, 5.41) is 6.04. The predicted molar refractivity (Wildman–Crippen MR) is 192 cm³/mol. The van der Waals surface area contributed by atoms with Crippen molar-refractivity contribution in [2.24, 2.45) is 5.41 Å². The number of aromatic nitrogens is 2. The molecule has 0 unspecified atom stereocenters. The number of aryl methyl sites for hydroxylation is 1. The van der Waals surface area contributed by atoms with Gasteiger partial charge >= 0.3 is 0 Å². The number of carbonyl (C=O) groups excluding carboxylic acids is 3. The van der Waals surface area contributed by atoms with E-state index in [0.29, 0.717) is 58.4 Å². The second-order valence-electron chi connectivity index (χ2n) is 13.8. The summed E-state index contributed by atoms with van der Waals surface area (Å²) in [7, 11) is 0. The molecule has 1 spiro atoms. The Hall–Kier alpha value is -4.65. The quantitative estimate of drug-likeness (QED) is 0.261. The number of hydrogen-bond acceptors (Lipinski definition) is 9. The van der Waals surface area contributed by atoms with Crippen molar-refractivity contribution in [3.8, 4) is 10.6 Å². The molecule has 11 nitrogen and oxygen atoms in total. The van der Waals surface area contributed by atoms with Crippen LogP contribution in [0.1, 0.15) is 67.2 Å². The van der Waals surface area contributed by atoms with E-state index >= 15 is 0 Å². The van der Waals surface area contributed by atoms with Crippen molar-refractivity contribution in [2.45, 2.75) is 45.1 Å². The Bertz CT molecular complexity index is 1920. The van der Waals surface area contributed by atoms with Crippen molar-refractivity contribution in [1.82, 2.24) is 15.3 Å². The number of carbonyl (C=O) groups is 3. The van der Waals surface area contributed by atoms with Crippen LogP contribution in [-0.4, -0.2) is 79.8 Å². The zero-order valence-corrected chi connectivity index (χ0v) is 28.9. The van der Waals surface area contributed by atoms with Gasteiger partial charge in [0.1, 0.15) is 11.5 Å².